The van der Waals surface area contributed by atoms with Crippen molar-refractivity contribution in [2.45, 2.75) is 13.0 Å². The minimum atomic E-state index is 0.0466. The number of carbonyl (C=O) groups is 1. The monoisotopic (exact) mass is 281 g/mol. The molecule has 1 heterocycles. The first kappa shape index (κ1) is 13.4. The normalized spacial score (nSPS) is 13.4. The Labute approximate surface area is 123 Å². The fourth-order valence-corrected chi connectivity index (χ4v) is 2.19. The van der Waals surface area contributed by atoms with Gasteiger partial charge in [-0.25, -0.2) is 4.99 Å². The molecule has 0 spiro atoms. The van der Waals surface area contributed by atoms with E-state index in [-0.39, 0.29) is 12.2 Å². The molecule has 0 fully saturated rings. The standard InChI is InChI=1S/C17H15NO3/c1-20-13-8-6-12(7-9-13)11-21-17-10-16(19)14-4-2-3-5-15(14)18-17/h2-9H,10-11H2,1H3. The average molecular weight is 281 g/mol. The van der Waals surface area contributed by atoms with Crippen molar-refractivity contribution in [2.24, 2.45) is 4.99 Å². The first-order valence-electron chi connectivity index (χ1n) is 6.72. The molecule has 21 heavy (non-hydrogen) atoms. The number of carbonyl (C=O) groups excluding carboxylic acids is 1. The summed E-state index contributed by atoms with van der Waals surface area (Å²) in [5.41, 5.74) is 2.34. The summed E-state index contributed by atoms with van der Waals surface area (Å²) in [6.07, 6.45) is 0.215. The van der Waals surface area contributed by atoms with Gasteiger partial charge in [-0.2, -0.15) is 0 Å². The number of nitrogens with zero attached hydrogens (tertiary/aromatic N) is 1. The van der Waals surface area contributed by atoms with E-state index in [4.69, 9.17) is 9.47 Å². The minimum Gasteiger partial charge on any atom is -0.497 e. The number of para-hydroxylation sites is 1. The lowest BCUT2D eigenvalue weighted by Gasteiger charge is -2.15. The smallest absolute Gasteiger partial charge is 0.196 e. The van der Waals surface area contributed by atoms with Crippen molar-refractivity contribution < 1.29 is 14.3 Å². The Hall–Kier alpha value is -2.62. The van der Waals surface area contributed by atoms with Gasteiger partial charge in [0.1, 0.15) is 12.4 Å². The van der Waals surface area contributed by atoms with Gasteiger partial charge in [-0.05, 0) is 29.8 Å². The Balaban J connectivity index is 1.71. The second kappa shape index (κ2) is 5.79. The molecule has 0 radical (unpaired) electrons. The van der Waals surface area contributed by atoms with E-state index in [1.165, 1.54) is 0 Å². The van der Waals surface area contributed by atoms with E-state index in [1.807, 2.05) is 42.5 Å². The molecule has 0 saturated carbocycles. The van der Waals surface area contributed by atoms with Crippen LogP contribution in [0.15, 0.2) is 53.5 Å². The van der Waals surface area contributed by atoms with Crippen LogP contribution in [0.5, 0.6) is 5.75 Å². The quantitative estimate of drug-likeness (QED) is 0.864. The van der Waals surface area contributed by atoms with E-state index in [0.29, 0.717) is 23.8 Å². The van der Waals surface area contributed by atoms with Crippen LogP contribution in [-0.2, 0) is 11.3 Å². The van der Waals surface area contributed by atoms with Gasteiger partial charge in [0.05, 0.1) is 19.2 Å². The molecule has 3 rings (SSSR count). The van der Waals surface area contributed by atoms with Crippen LogP contribution in [0.1, 0.15) is 22.3 Å². The van der Waals surface area contributed by atoms with E-state index in [2.05, 4.69) is 4.99 Å². The molecular weight excluding hydrogens is 266 g/mol. The molecule has 4 nitrogen and oxygen atoms in total. The number of Topliss-reactive ketones (excluding diaryl/α,β-unsaturated/α-hetero) is 1. The maximum absolute atomic E-state index is 12.0. The van der Waals surface area contributed by atoms with Crippen molar-refractivity contribution in [2.75, 3.05) is 7.11 Å². The third kappa shape index (κ3) is 2.94. The zero-order valence-corrected chi connectivity index (χ0v) is 11.7. The van der Waals surface area contributed by atoms with Crippen LogP contribution in [-0.4, -0.2) is 18.8 Å². The van der Waals surface area contributed by atoms with Crippen molar-refractivity contribution in [3.8, 4) is 5.75 Å². The predicted octanol–water partition coefficient (Wildman–Crippen LogP) is 3.53. The maximum atomic E-state index is 12.0. The predicted molar refractivity (Wildman–Crippen MR) is 80.3 cm³/mol. The van der Waals surface area contributed by atoms with Gasteiger partial charge >= 0.3 is 0 Å². The summed E-state index contributed by atoms with van der Waals surface area (Å²) in [5, 5.41) is 0. The zero-order valence-electron chi connectivity index (χ0n) is 11.7. The lowest BCUT2D eigenvalue weighted by atomic mass is 10.0. The van der Waals surface area contributed by atoms with E-state index in [9.17, 15) is 4.79 Å². The van der Waals surface area contributed by atoms with Crippen LogP contribution in [0, 0.1) is 0 Å². The number of hydrogen-bond acceptors (Lipinski definition) is 4. The van der Waals surface area contributed by atoms with Gasteiger partial charge in [-0.1, -0.05) is 24.3 Å². The minimum absolute atomic E-state index is 0.0466. The Morgan fingerprint density at radius 1 is 1.10 bits per heavy atom. The highest BCUT2D eigenvalue weighted by molar-refractivity contribution is 6.13. The topological polar surface area (TPSA) is 47.9 Å². The van der Waals surface area contributed by atoms with E-state index >= 15 is 0 Å². The number of ketones is 1. The Kier molecular flexibility index (Phi) is 3.69. The van der Waals surface area contributed by atoms with Gasteiger partial charge in [0.2, 0.25) is 0 Å². The van der Waals surface area contributed by atoms with Gasteiger partial charge in [0.25, 0.3) is 0 Å². The molecule has 106 valence electrons. The van der Waals surface area contributed by atoms with E-state index in [1.54, 1.807) is 13.2 Å². The van der Waals surface area contributed by atoms with Crippen molar-refractivity contribution in [3.63, 3.8) is 0 Å². The molecule has 1 aliphatic heterocycles. The van der Waals surface area contributed by atoms with Crippen LogP contribution >= 0.6 is 0 Å². The van der Waals surface area contributed by atoms with Crippen LogP contribution in [0.3, 0.4) is 0 Å². The molecule has 0 N–H and O–H groups in total. The van der Waals surface area contributed by atoms with Gasteiger partial charge in [-0.3, -0.25) is 4.79 Å². The van der Waals surface area contributed by atoms with Gasteiger partial charge < -0.3 is 9.47 Å². The second-order valence-electron chi connectivity index (χ2n) is 4.76. The van der Waals surface area contributed by atoms with E-state index < -0.39 is 0 Å². The number of fused-ring (bicyclic) bond motifs is 1. The van der Waals surface area contributed by atoms with Crippen molar-refractivity contribution in [3.05, 3.63) is 59.7 Å². The number of rotatable bonds is 3. The van der Waals surface area contributed by atoms with Crippen molar-refractivity contribution in [1.82, 2.24) is 0 Å². The molecule has 0 atom stereocenters. The summed E-state index contributed by atoms with van der Waals surface area (Å²) in [7, 11) is 1.63. The molecular formula is C17H15NO3. The number of methoxy groups -OCH3 is 1. The van der Waals surface area contributed by atoms with Gasteiger partial charge in [0.15, 0.2) is 11.7 Å². The number of aliphatic imine (C=N–C) groups is 1. The lowest BCUT2D eigenvalue weighted by Crippen LogP contribution is -2.16. The summed E-state index contributed by atoms with van der Waals surface area (Å²) in [6, 6.07) is 14.9. The molecule has 2 aromatic rings. The number of benzene rings is 2. The third-order valence-electron chi connectivity index (χ3n) is 3.33. The highest BCUT2D eigenvalue weighted by atomic mass is 16.5. The van der Waals surface area contributed by atoms with Crippen molar-refractivity contribution in [1.29, 1.82) is 0 Å². The lowest BCUT2D eigenvalue weighted by molar-refractivity contribution is 0.0990. The highest BCUT2D eigenvalue weighted by Gasteiger charge is 2.20. The first-order valence-corrected chi connectivity index (χ1v) is 6.72. The molecule has 0 aliphatic carbocycles. The molecule has 0 aromatic heterocycles. The van der Waals surface area contributed by atoms with Crippen LogP contribution < -0.4 is 4.74 Å². The zero-order chi connectivity index (χ0) is 14.7. The molecule has 2 aromatic carbocycles. The molecule has 0 amide bonds. The van der Waals surface area contributed by atoms with Gasteiger partial charge in [0, 0.05) is 5.56 Å². The molecule has 0 unspecified atom stereocenters. The van der Waals surface area contributed by atoms with Crippen molar-refractivity contribution >= 4 is 17.4 Å². The molecule has 4 heteroatoms. The number of ether oxygens (including phenoxy) is 2. The van der Waals surface area contributed by atoms with Crippen LogP contribution in [0.25, 0.3) is 0 Å². The highest BCUT2D eigenvalue weighted by Crippen LogP contribution is 2.26. The summed E-state index contributed by atoms with van der Waals surface area (Å²) in [6.45, 7) is 0.387. The van der Waals surface area contributed by atoms with E-state index in [0.717, 1.165) is 11.3 Å². The average Bonchev–Trinajstić information content (AvgIpc) is 2.53. The summed E-state index contributed by atoms with van der Waals surface area (Å²) >= 11 is 0. The first-order chi connectivity index (χ1) is 10.3. The Bertz CT molecular complexity index is 689. The SMILES string of the molecule is COc1ccc(COC2=Nc3ccccc3C(=O)C2)cc1. The van der Waals surface area contributed by atoms with Gasteiger partial charge in [-0.15, -0.1) is 0 Å². The van der Waals surface area contributed by atoms with Crippen LogP contribution in [0.4, 0.5) is 5.69 Å². The van der Waals surface area contributed by atoms with Crippen LogP contribution in [0.2, 0.25) is 0 Å². The molecule has 0 saturated heterocycles. The third-order valence-corrected chi connectivity index (χ3v) is 3.33. The molecule has 1 aliphatic rings. The Morgan fingerprint density at radius 2 is 1.86 bits per heavy atom. The maximum Gasteiger partial charge on any atom is 0.196 e. The summed E-state index contributed by atoms with van der Waals surface area (Å²) in [5.74, 6) is 1.32. The fraction of sp³-hybridized carbons (Fsp3) is 0.176. The fourth-order valence-electron chi connectivity index (χ4n) is 2.19. The largest absolute Gasteiger partial charge is 0.497 e. The molecule has 0 bridgehead atoms. The Morgan fingerprint density at radius 3 is 2.62 bits per heavy atom. The number of hydrogen-bond donors (Lipinski definition) is 0. The summed E-state index contributed by atoms with van der Waals surface area (Å²) in [4.78, 5) is 16.4. The second-order valence-corrected chi connectivity index (χ2v) is 4.76. The summed E-state index contributed by atoms with van der Waals surface area (Å²) < 4.78 is 10.8.